The molecule has 0 unspecified atom stereocenters. The number of benzene rings is 2. The molecule has 2 aromatic carbocycles. The van der Waals surface area contributed by atoms with Crippen LogP contribution in [0.5, 0.6) is 0 Å². The minimum atomic E-state index is -0.478. The van der Waals surface area contributed by atoms with E-state index in [4.69, 9.17) is 16.1 Å². The number of aromatic nitrogens is 1. The maximum Gasteiger partial charge on any atom is 0.280 e. The molecule has 4 rings (SSSR count). The quantitative estimate of drug-likeness (QED) is 0.512. The van der Waals surface area contributed by atoms with E-state index in [9.17, 15) is 14.9 Å². The number of non-ortho nitro benzene ring substituents is 1. The highest BCUT2D eigenvalue weighted by Gasteiger charge is 2.29. The summed E-state index contributed by atoms with van der Waals surface area (Å²) in [5.41, 5.74) is 2.23. The average Bonchev–Trinajstić information content (AvgIpc) is 3.28. The second-order valence-electron chi connectivity index (χ2n) is 5.86. The van der Waals surface area contributed by atoms with Crippen molar-refractivity contribution < 1.29 is 14.2 Å². The normalized spacial score (nSPS) is 12.9. The van der Waals surface area contributed by atoms with E-state index in [1.165, 1.54) is 17.0 Å². The number of nitro benzene ring substituents is 1. The largest absolute Gasteiger partial charge is 0.355 e. The van der Waals surface area contributed by atoms with Gasteiger partial charge in [0.2, 0.25) is 0 Å². The van der Waals surface area contributed by atoms with E-state index >= 15 is 0 Å². The molecule has 1 aliphatic rings. The molecule has 0 atom stereocenters. The summed E-state index contributed by atoms with van der Waals surface area (Å²) in [6.45, 7) is 0.439. The predicted octanol–water partition coefficient (Wildman–Crippen LogP) is 4.11. The Bertz CT molecular complexity index is 1030. The monoisotopic (exact) mass is 369 g/mol. The molecule has 0 bridgehead atoms. The lowest BCUT2D eigenvalue weighted by atomic mass is 10.1. The number of amides is 1. The van der Waals surface area contributed by atoms with Crippen LogP contribution in [0.2, 0.25) is 5.02 Å². The highest BCUT2D eigenvalue weighted by Crippen LogP contribution is 2.33. The van der Waals surface area contributed by atoms with Crippen LogP contribution in [0.1, 0.15) is 16.1 Å². The zero-order valence-corrected chi connectivity index (χ0v) is 14.1. The van der Waals surface area contributed by atoms with Crippen LogP contribution in [0.3, 0.4) is 0 Å². The Morgan fingerprint density at radius 3 is 2.85 bits per heavy atom. The fourth-order valence-corrected chi connectivity index (χ4v) is 3.17. The summed E-state index contributed by atoms with van der Waals surface area (Å²) in [4.78, 5) is 24.8. The van der Waals surface area contributed by atoms with Gasteiger partial charge in [-0.2, -0.15) is 0 Å². The molecule has 130 valence electrons. The van der Waals surface area contributed by atoms with E-state index in [0.717, 1.165) is 5.56 Å². The van der Waals surface area contributed by atoms with Crippen molar-refractivity contribution in [2.75, 3.05) is 11.4 Å². The number of nitro groups is 1. The fourth-order valence-electron chi connectivity index (χ4n) is 2.98. The number of carbonyl (C=O) groups is 1. The van der Waals surface area contributed by atoms with Crippen LogP contribution in [-0.4, -0.2) is 22.5 Å². The van der Waals surface area contributed by atoms with Crippen molar-refractivity contribution in [1.82, 2.24) is 5.16 Å². The number of hydrogen-bond acceptors (Lipinski definition) is 5. The van der Waals surface area contributed by atoms with Crippen molar-refractivity contribution in [3.05, 3.63) is 74.9 Å². The fraction of sp³-hybridized carbons (Fsp3) is 0.111. The first-order valence-electron chi connectivity index (χ1n) is 7.85. The van der Waals surface area contributed by atoms with Gasteiger partial charge in [-0.25, -0.2) is 0 Å². The van der Waals surface area contributed by atoms with Crippen LogP contribution in [0, 0.1) is 10.1 Å². The van der Waals surface area contributed by atoms with Gasteiger partial charge in [-0.3, -0.25) is 14.9 Å². The van der Waals surface area contributed by atoms with Crippen molar-refractivity contribution in [2.45, 2.75) is 6.42 Å². The van der Waals surface area contributed by atoms with Crippen molar-refractivity contribution in [2.24, 2.45) is 0 Å². The molecule has 0 saturated heterocycles. The van der Waals surface area contributed by atoms with Gasteiger partial charge >= 0.3 is 0 Å². The van der Waals surface area contributed by atoms with Gasteiger partial charge in [0.25, 0.3) is 11.6 Å². The van der Waals surface area contributed by atoms with Crippen molar-refractivity contribution in [3.8, 4) is 11.3 Å². The summed E-state index contributed by atoms with van der Waals surface area (Å²) in [6, 6.07) is 13.1. The standard InChI is InChI=1S/C18H12ClN3O4/c19-13-3-1-2-12(8-13)17-10-15(20-26-17)18(23)21-7-6-11-4-5-14(22(24)25)9-16(11)21/h1-5,8-10H,6-7H2. The molecule has 3 aromatic rings. The Morgan fingerprint density at radius 2 is 2.08 bits per heavy atom. The third kappa shape index (κ3) is 2.82. The molecule has 0 spiro atoms. The van der Waals surface area contributed by atoms with Gasteiger partial charge in [0.05, 0.1) is 10.6 Å². The van der Waals surface area contributed by atoms with E-state index in [2.05, 4.69) is 5.16 Å². The lowest BCUT2D eigenvalue weighted by molar-refractivity contribution is -0.384. The molecule has 1 aromatic heterocycles. The second kappa shape index (κ2) is 6.27. The van der Waals surface area contributed by atoms with E-state index in [1.807, 2.05) is 0 Å². The number of nitrogens with zero attached hydrogens (tertiary/aromatic N) is 3. The molecule has 8 heteroatoms. The summed E-state index contributed by atoms with van der Waals surface area (Å²) in [5, 5.41) is 15.4. The summed E-state index contributed by atoms with van der Waals surface area (Å²) < 4.78 is 5.27. The first kappa shape index (κ1) is 16.3. The molecule has 0 aliphatic carbocycles. The highest BCUT2D eigenvalue weighted by atomic mass is 35.5. The zero-order chi connectivity index (χ0) is 18.3. The first-order chi connectivity index (χ1) is 12.5. The first-order valence-corrected chi connectivity index (χ1v) is 8.22. The number of fused-ring (bicyclic) bond motifs is 1. The van der Waals surface area contributed by atoms with E-state index in [-0.39, 0.29) is 17.3 Å². The minimum Gasteiger partial charge on any atom is -0.355 e. The molecular formula is C18H12ClN3O4. The Balaban J connectivity index is 1.64. The lowest BCUT2D eigenvalue weighted by Crippen LogP contribution is -2.29. The van der Waals surface area contributed by atoms with Crippen LogP contribution < -0.4 is 4.90 Å². The SMILES string of the molecule is O=C(c1cc(-c2cccc(Cl)c2)on1)N1CCc2ccc([N+](=O)[O-])cc21. The minimum absolute atomic E-state index is 0.0526. The summed E-state index contributed by atoms with van der Waals surface area (Å²) in [6.07, 6.45) is 0.637. The van der Waals surface area contributed by atoms with Gasteiger partial charge in [0, 0.05) is 35.3 Å². The molecule has 2 heterocycles. The van der Waals surface area contributed by atoms with Crippen molar-refractivity contribution >= 4 is 28.9 Å². The van der Waals surface area contributed by atoms with Crippen molar-refractivity contribution in [3.63, 3.8) is 0 Å². The molecule has 26 heavy (non-hydrogen) atoms. The lowest BCUT2D eigenvalue weighted by Gasteiger charge is -2.15. The average molecular weight is 370 g/mol. The van der Waals surface area contributed by atoms with E-state index in [1.54, 1.807) is 36.4 Å². The van der Waals surface area contributed by atoms with Crippen LogP contribution in [0.4, 0.5) is 11.4 Å². The van der Waals surface area contributed by atoms with E-state index in [0.29, 0.717) is 35.0 Å². The zero-order valence-electron chi connectivity index (χ0n) is 13.4. The van der Waals surface area contributed by atoms with Crippen LogP contribution in [0.15, 0.2) is 53.1 Å². The summed E-state index contributed by atoms with van der Waals surface area (Å²) in [5.74, 6) is 0.0654. The number of halogens is 1. The Hall–Kier alpha value is -3.19. The Morgan fingerprint density at radius 1 is 1.23 bits per heavy atom. The Labute approximate surface area is 152 Å². The third-order valence-electron chi connectivity index (χ3n) is 4.26. The van der Waals surface area contributed by atoms with Crippen LogP contribution in [-0.2, 0) is 6.42 Å². The van der Waals surface area contributed by atoms with Gasteiger partial charge < -0.3 is 9.42 Å². The van der Waals surface area contributed by atoms with Gasteiger partial charge in [0.15, 0.2) is 11.5 Å². The third-order valence-corrected chi connectivity index (χ3v) is 4.49. The van der Waals surface area contributed by atoms with Crippen LogP contribution >= 0.6 is 11.6 Å². The molecular weight excluding hydrogens is 358 g/mol. The van der Waals surface area contributed by atoms with Gasteiger partial charge in [-0.15, -0.1) is 0 Å². The number of hydrogen-bond donors (Lipinski definition) is 0. The number of anilines is 1. The van der Waals surface area contributed by atoms with Gasteiger partial charge in [-0.05, 0) is 24.1 Å². The molecule has 0 saturated carbocycles. The molecule has 0 fully saturated rings. The van der Waals surface area contributed by atoms with E-state index < -0.39 is 4.92 Å². The van der Waals surface area contributed by atoms with Gasteiger partial charge in [0.1, 0.15) is 0 Å². The topological polar surface area (TPSA) is 89.5 Å². The molecule has 0 radical (unpaired) electrons. The molecule has 1 aliphatic heterocycles. The smallest absolute Gasteiger partial charge is 0.280 e. The molecule has 7 nitrogen and oxygen atoms in total. The van der Waals surface area contributed by atoms with Crippen LogP contribution in [0.25, 0.3) is 11.3 Å². The molecule has 0 N–H and O–H groups in total. The second-order valence-corrected chi connectivity index (χ2v) is 6.30. The predicted molar refractivity (Wildman–Crippen MR) is 95.4 cm³/mol. The Kier molecular flexibility index (Phi) is 3.93. The maximum atomic E-state index is 12.8. The molecule has 1 amide bonds. The van der Waals surface area contributed by atoms with Gasteiger partial charge in [-0.1, -0.05) is 35.0 Å². The maximum absolute atomic E-state index is 12.8. The highest BCUT2D eigenvalue weighted by molar-refractivity contribution is 6.30. The number of carbonyl (C=O) groups excluding carboxylic acids is 1. The van der Waals surface area contributed by atoms with Crippen molar-refractivity contribution in [1.29, 1.82) is 0 Å². The summed E-state index contributed by atoms with van der Waals surface area (Å²) >= 11 is 5.97. The number of rotatable bonds is 3. The summed E-state index contributed by atoms with van der Waals surface area (Å²) in [7, 11) is 0.